The number of aliphatic hydroxyl groups excluding tert-OH is 1. The van der Waals surface area contributed by atoms with E-state index in [1.807, 2.05) is 29.8 Å². The molecule has 0 aliphatic heterocycles. The Morgan fingerprint density at radius 3 is 2.32 bits per heavy atom. The van der Waals surface area contributed by atoms with Gasteiger partial charge < -0.3 is 5.11 Å². The molecular weight excluding hydrogens is 236 g/mol. The molecule has 3 heteroatoms. The third-order valence-corrected chi connectivity index (χ3v) is 3.51. The van der Waals surface area contributed by atoms with Crippen LogP contribution in [0.1, 0.15) is 49.4 Å². The van der Waals surface area contributed by atoms with Crippen LogP contribution in [-0.4, -0.2) is 14.9 Å². The van der Waals surface area contributed by atoms with E-state index >= 15 is 0 Å². The number of aliphatic hydroxyl groups is 1. The van der Waals surface area contributed by atoms with Crippen LogP contribution in [0.5, 0.6) is 0 Å². The summed E-state index contributed by atoms with van der Waals surface area (Å²) in [6, 6.07) is 10.2. The largest absolute Gasteiger partial charge is 0.382 e. The summed E-state index contributed by atoms with van der Waals surface area (Å²) in [6.07, 6.45) is 1.31. The van der Waals surface area contributed by atoms with Crippen LogP contribution in [0.25, 0.3) is 0 Å². The SMILES string of the molecule is CCc1ccc(C(O)c2cc(CC)nn2CC)cc1. The van der Waals surface area contributed by atoms with E-state index in [-0.39, 0.29) is 0 Å². The average molecular weight is 258 g/mol. The first-order valence-electron chi connectivity index (χ1n) is 7.03. The Morgan fingerprint density at radius 1 is 1.11 bits per heavy atom. The molecule has 3 nitrogen and oxygen atoms in total. The lowest BCUT2D eigenvalue weighted by molar-refractivity contribution is 0.208. The van der Waals surface area contributed by atoms with Crippen LogP contribution in [0, 0.1) is 0 Å². The Kier molecular flexibility index (Phi) is 4.38. The standard InChI is InChI=1S/C16H22N2O/c1-4-12-7-9-13(10-8-12)16(19)15-11-14(5-2)17-18(15)6-3/h7-11,16,19H,4-6H2,1-3H3. The second kappa shape index (κ2) is 6.02. The van der Waals surface area contributed by atoms with E-state index < -0.39 is 6.10 Å². The quantitative estimate of drug-likeness (QED) is 0.895. The summed E-state index contributed by atoms with van der Waals surface area (Å²) in [7, 11) is 0. The van der Waals surface area contributed by atoms with Crippen molar-refractivity contribution >= 4 is 0 Å². The molecule has 0 bridgehead atoms. The lowest BCUT2D eigenvalue weighted by Gasteiger charge is -2.13. The van der Waals surface area contributed by atoms with Crippen molar-refractivity contribution in [1.29, 1.82) is 0 Å². The van der Waals surface area contributed by atoms with Gasteiger partial charge in [0.2, 0.25) is 0 Å². The molecular formula is C16H22N2O. The zero-order valence-electron chi connectivity index (χ0n) is 11.9. The predicted octanol–water partition coefficient (Wildman–Crippen LogP) is 3.11. The molecule has 0 saturated heterocycles. The highest BCUT2D eigenvalue weighted by Gasteiger charge is 2.16. The molecule has 1 heterocycles. The van der Waals surface area contributed by atoms with Gasteiger partial charge in [0.15, 0.2) is 0 Å². The molecule has 0 fully saturated rings. The molecule has 0 saturated carbocycles. The number of benzene rings is 1. The van der Waals surface area contributed by atoms with Gasteiger partial charge in [-0.1, -0.05) is 38.1 Å². The van der Waals surface area contributed by atoms with E-state index in [1.54, 1.807) is 0 Å². The fourth-order valence-corrected chi connectivity index (χ4v) is 2.24. The minimum Gasteiger partial charge on any atom is -0.382 e. The number of aromatic nitrogens is 2. The second-order valence-electron chi connectivity index (χ2n) is 4.73. The van der Waals surface area contributed by atoms with Crippen LogP contribution in [0.4, 0.5) is 0 Å². The monoisotopic (exact) mass is 258 g/mol. The Labute approximate surface area is 114 Å². The molecule has 0 amide bonds. The molecule has 19 heavy (non-hydrogen) atoms. The molecule has 0 spiro atoms. The maximum atomic E-state index is 10.5. The number of hydrogen-bond acceptors (Lipinski definition) is 2. The lowest BCUT2D eigenvalue weighted by Crippen LogP contribution is -2.09. The van der Waals surface area contributed by atoms with E-state index in [4.69, 9.17) is 0 Å². The summed E-state index contributed by atoms with van der Waals surface area (Å²) >= 11 is 0. The minimum absolute atomic E-state index is 0.598. The summed E-state index contributed by atoms with van der Waals surface area (Å²) in [4.78, 5) is 0. The zero-order chi connectivity index (χ0) is 13.8. The summed E-state index contributed by atoms with van der Waals surface area (Å²) in [6.45, 7) is 7.03. The van der Waals surface area contributed by atoms with Crippen molar-refractivity contribution < 1.29 is 5.11 Å². The van der Waals surface area contributed by atoms with Gasteiger partial charge in [0, 0.05) is 6.54 Å². The highest BCUT2D eigenvalue weighted by molar-refractivity contribution is 5.30. The molecule has 1 unspecified atom stereocenters. The third-order valence-electron chi connectivity index (χ3n) is 3.51. The van der Waals surface area contributed by atoms with Crippen LogP contribution in [0.15, 0.2) is 30.3 Å². The minimum atomic E-state index is -0.598. The van der Waals surface area contributed by atoms with Gasteiger partial charge in [-0.25, -0.2) is 0 Å². The topological polar surface area (TPSA) is 38.1 Å². The predicted molar refractivity (Wildman–Crippen MR) is 77.2 cm³/mol. The molecule has 1 N–H and O–H groups in total. The highest BCUT2D eigenvalue weighted by atomic mass is 16.3. The van der Waals surface area contributed by atoms with Crippen molar-refractivity contribution in [2.75, 3.05) is 0 Å². The van der Waals surface area contributed by atoms with Gasteiger partial charge in [0.1, 0.15) is 6.10 Å². The van der Waals surface area contributed by atoms with Gasteiger partial charge in [-0.3, -0.25) is 4.68 Å². The molecule has 1 aromatic carbocycles. The highest BCUT2D eigenvalue weighted by Crippen LogP contribution is 2.23. The van der Waals surface area contributed by atoms with Crippen LogP contribution < -0.4 is 0 Å². The molecule has 0 aliphatic rings. The molecule has 2 rings (SSSR count). The number of rotatable bonds is 5. The maximum absolute atomic E-state index is 10.5. The zero-order valence-corrected chi connectivity index (χ0v) is 11.9. The lowest BCUT2D eigenvalue weighted by atomic mass is 10.0. The van der Waals surface area contributed by atoms with E-state index in [1.165, 1.54) is 5.56 Å². The number of hydrogen-bond donors (Lipinski definition) is 1. The van der Waals surface area contributed by atoms with Gasteiger partial charge >= 0.3 is 0 Å². The van der Waals surface area contributed by atoms with Crippen LogP contribution in [0.3, 0.4) is 0 Å². The van der Waals surface area contributed by atoms with E-state index in [2.05, 4.69) is 31.1 Å². The summed E-state index contributed by atoms with van der Waals surface area (Å²) in [5.41, 5.74) is 4.12. The molecule has 2 aromatic rings. The summed E-state index contributed by atoms with van der Waals surface area (Å²) < 4.78 is 1.89. The molecule has 102 valence electrons. The van der Waals surface area contributed by atoms with Gasteiger partial charge in [0.05, 0.1) is 11.4 Å². The smallest absolute Gasteiger partial charge is 0.121 e. The molecule has 0 aliphatic carbocycles. The average Bonchev–Trinajstić information content (AvgIpc) is 2.90. The first-order valence-corrected chi connectivity index (χ1v) is 7.03. The van der Waals surface area contributed by atoms with Gasteiger partial charge in [-0.15, -0.1) is 0 Å². The van der Waals surface area contributed by atoms with Crippen molar-refractivity contribution in [3.05, 3.63) is 52.8 Å². The Balaban J connectivity index is 2.31. The second-order valence-corrected chi connectivity index (χ2v) is 4.73. The van der Waals surface area contributed by atoms with Crippen molar-refractivity contribution in [2.24, 2.45) is 0 Å². The first-order chi connectivity index (χ1) is 9.19. The van der Waals surface area contributed by atoms with Crippen molar-refractivity contribution in [1.82, 2.24) is 9.78 Å². The number of aryl methyl sites for hydroxylation is 3. The Hall–Kier alpha value is -1.61. The molecule has 1 aromatic heterocycles. The maximum Gasteiger partial charge on any atom is 0.121 e. The first kappa shape index (κ1) is 13.8. The van der Waals surface area contributed by atoms with Crippen molar-refractivity contribution in [3.63, 3.8) is 0 Å². The fourth-order valence-electron chi connectivity index (χ4n) is 2.24. The van der Waals surface area contributed by atoms with Gasteiger partial charge in [-0.05, 0) is 37.0 Å². The fraction of sp³-hybridized carbons (Fsp3) is 0.438. The van der Waals surface area contributed by atoms with E-state index in [0.29, 0.717) is 0 Å². The normalized spacial score (nSPS) is 12.6. The Morgan fingerprint density at radius 2 is 1.79 bits per heavy atom. The summed E-state index contributed by atoms with van der Waals surface area (Å²) in [5, 5.41) is 15.0. The van der Waals surface area contributed by atoms with Gasteiger partial charge in [-0.2, -0.15) is 5.10 Å². The Bertz CT molecular complexity index is 528. The van der Waals surface area contributed by atoms with Crippen LogP contribution in [-0.2, 0) is 19.4 Å². The van der Waals surface area contributed by atoms with Crippen LogP contribution in [0.2, 0.25) is 0 Å². The molecule has 1 atom stereocenters. The third kappa shape index (κ3) is 2.87. The van der Waals surface area contributed by atoms with Gasteiger partial charge in [0.25, 0.3) is 0 Å². The molecule has 0 radical (unpaired) electrons. The van der Waals surface area contributed by atoms with Crippen LogP contribution >= 0.6 is 0 Å². The van der Waals surface area contributed by atoms with Crippen molar-refractivity contribution in [3.8, 4) is 0 Å². The van der Waals surface area contributed by atoms with Crippen molar-refractivity contribution in [2.45, 2.75) is 46.3 Å². The summed E-state index contributed by atoms with van der Waals surface area (Å²) in [5.74, 6) is 0. The number of nitrogens with zero attached hydrogens (tertiary/aromatic N) is 2. The van der Waals surface area contributed by atoms with E-state index in [0.717, 1.165) is 36.3 Å². The van der Waals surface area contributed by atoms with E-state index in [9.17, 15) is 5.11 Å².